The van der Waals surface area contributed by atoms with E-state index in [1.54, 1.807) is 0 Å². The van der Waals surface area contributed by atoms with E-state index in [-0.39, 0.29) is 12.5 Å². The second-order valence-corrected chi connectivity index (χ2v) is 1.78. The highest BCUT2D eigenvalue weighted by Gasteiger charge is 1.87. The van der Waals surface area contributed by atoms with Gasteiger partial charge >= 0.3 is 11.4 Å². The molecule has 0 fully saturated rings. The van der Waals surface area contributed by atoms with Crippen LogP contribution in [0.1, 0.15) is 0 Å². The molecule has 1 N–H and O–H groups in total. The maximum atomic E-state index is 9.59. The van der Waals surface area contributed by atoms with E-state index in [0.717, 1.165) is 0 Å². The highest BCUT2D eigenvalue weighted by Crippen LogP contribution is 1.79. The van der Waals surface area contributed by atoms with E-state index in [0.29, 0.717) is 0 Å². The lowest BCUT2D eigenvalue weighted by Crippen LogP contribution is -1.97. The molecule has 0 aromatic rings. The number of alkyl halides is 1. The van der Waals surface area contributed by atoms with Crippen LogP contribution in [0.15, 0.2) is 0 Å². The number of hydrogen-bond donors (Lipinski definition) is 1. The largest absolute Gasteiger partial charge is 0.301 e. The quantitative estimate of drug-likeness (QED) is 0.460. The summed E-state index contributed by atoms with van der Waals surface area (Å²) in [5, 5.41) is 0. The van der Waals surface area contributed by atoms with Gasteiger partial charge in [0.15, 0.2) is 0 Å². The van der Waals surface area contributed by atoms with E-state index in [4.69, 9.17) is 16.2 Å². The van der Waals surface area contributed by atoms with Crippen LogP contribution in [0.5, 0.6) is 0 Å². The van der Waals surface area contributed by atoms with E-state index in [9.17, 15) is 4.21 Å². The number of rotatable bonds is 3. The van der Waals surface area contributed by atoms with Crippen LogP contribution in [-0.2, 0) is 15.5 Å². The molecule has 0 spiro atoms. The third kappa shape index (κ3) is 6.36. The Kier molecular flexibility index (Phi) is 4.75. The Hall–Kier alpha value is 0.360. The summed E-state index contributed by atoms with van der Waals surface area (Å²) in [6, 6.07) is 0. The first-order valence-electron chi connectivity index (χ1n) is 1.57. The molecule has 0 aromatic heterocycles. The van der Waals surface area contributed by atoms with Crippen LogP contribution in [-0.4, -0.2) is 21.2 Å². The highest BCUT2D eigenvalue weighted by atomic mass is 35.5. The van der Waals surface area contributed by atoms with Gasteiger partial charge in [-0.2, -0.15) is 4.21 Å². The summed E-state index contributed by atoms with van der Waals surface area (Å²) in [4.78, 5) is 0. The van der Waals surface area contributed by atoms with Gasteiger partial charge in [-0.25, -0.2) is 0 Å². The van der Waals surface area contributed by atoms with Crippen molar-refractivity contribution in [3.8, 4) is 0 Å². The van der Waals surface area contributed by atoms with E-state index in [1.165, 1.54) is 0 Å². The third-order valence-electron chi connectivity index (χ3n) is 0.261. The molecule has 0 radical (unpaired) electrons. The molecule has 0 saturated heterocycles. The molecule has 0 bridgehead atoms. The van der Waals surface area contributed by atoms with Gasteiger partial charge in [-0.3, -0.25) is 8.74 Å². The van der Waals surface area contributed by atoms with E-state index in [2.05, 4.69) is 4.18 Å². The maximum Gasteiger partial charge on any atom is 0.301 e. The minimum Gasteiger partial charge on any atom is -0.284 e. The van der Waals surface area contributed by atoms with Crippen molar-refractivity contribution in [1.82, 2.24) is 0 Å². The molecular weight excluding hydrogens is 140 g/mol. The third-order valence-corrected chi connectivity index (χ3v) is 0.784. The van der Waals surface area contributed by atoms with Crippen molar-refractivity contribution in [3.63, 3.8) is 0 Å². The summed E-state index contributed by atoms with van der Waals surface area (Å²) in [5.41, 5.74) is 0. The van der Waals surface area contributed by atoms with Gasteiger partial charge in [-0.15, -0.1) is 11.6 Å². The lowest BCUT2D eigenvalue weighted by Gasteiger charge is -1.88. The lowest BCUT2D eigenvalue weighted by atomic mass is 10.9. The molecule has 1 atom stereocenters. The van der Waals surface area contributed by atoms with Crippen molar-refractivity contribution < 1.29 is 12.9 Å². The van der Waals surface area contributed by atoms with Crippen LogP contribution in [0, 0.1) is 0 Å². The van der Waals surface area contributed by atoms with Gasteiger partial charge in [0.25, 0.3) is 0 Å². The van der Waals surface area contributed by atoms with Gasteiger partial charge in [0.1, 0.15) is 0 Å². The summed E-state index contributed by atoms with van der Waals surface area (Å²) >= 11 is 2.93. The molecule has 0 rings (SSSR count). The van der Waals surface area contributed by atoms with Gasteiger partial charge < -0.3 is 0 Å². The van der Waals surface area contributed by atoms with E-state index >= 15 is 0 Å². The molecule has 0 amide bonds. The molecule has 0 aliphatic rings. The Balaban J connectivity index is 2.82. The minimum atomic E-state index is -2.15. The van der Waals surface area contributed by atoms with Gasteiger partial charge in [-0.05, 0) is 0 Å². The van der Waals surface area contributed by atoms with Crippen LogP contribution in [0.3, 0.4) is 0 Å². The predicted molar refractivity (Wildman–Crippen MR) is 27.4 cm³/mol. The van der Waals surface area contributed by atoms with Gasteiger partial charge in [-0.1, -0.05) is 0 Å². The molecule has 0 aliphatic heterocycles. The van der Waals surface area contributed by atoms with Crippen LogP contribution in [0.4, 0.5) is 0 Å². The molecular formula is C2H5ClO3S. The molecule has 0 aromatic carbocycles. The fourth-order valence-electron chi connectivity index (χ4n) is 0.103. The molecule has 44 valence electrons. The van der Waals surface area contributed by atoms with Crippen molar-refractivity contribution in [3.05, 3.63) is 0 Å². The first-order valence-corrected chi connectivity index (χ1v) is 3.14. The van der Waals surface area contributed by atoms with Gasteiger partial charge in [0.2, 0.25) is 0 Å². The average molecular weight is 145 g/mol. The number of hydrogen-bond acceptors (Lipinski definition) is 2. The monoisotopic (exact) mass is 144 g/mol. The Morgan fingerprint density at radius 1 is 1.86 bits per heavy atom. The Morgan fingerprint density at radius 3 is 2.57 bits per heavy atom. The second-order valence-electron chi connectivity index (χ2n) is 0.728. The van der Waals surface area contributed by atoms with E-state index in [1.807, 2.05) is 0 Å². The molecule has 3 nitrogen and oxygen atoms in total. The zero-order valence-corrected chi connectivity index (χ0v) is 5.04. The number of halogens is 1. The molecule has 0 aliphatic carbocycles. The van der Waals surface area contributed by atoms with Gasteiger partial charge in [0, 0.05) is 5.88 Å². The first kappa shape index (κ1) is 7.36. The molecule has 0 heterocycles. The predicted octanol–water partition coefficient (Wildman–Crippen LogP) is 0.379. The van der Waals surface area contributed by atoms with Crippen molar-refractivity contribution in [2.75, 3.05) is 12.5 Å². The first-order chi connectivity index (χ1) is 3.27. The Labute approximate surface area is 49.1 Å². The fourth-order valence-corrected chi connectivity index (χ4v) is 0.497. The van der Waals surface area contributed by atoms with Crippen LogP contribution in [0.25, 0.3) is 0 Å². The van der Waals surface area contributed by atoms with Crippen LogP contribution < -0.4 is 0 Å². The fraction of sp³-hybridized carbons (Fsp3) is 1.00. The topological polar surface area (TPSA) is 46.5 Å². The summed E-state index contributed by atoms with van der Waals surface area (Å²) in [5.74, 6) is 0.242. The Morgan fingerprint density at radius 2 is 2.43 bits per heavy atom. The Bertz CT molecular complexity index is 66.0. The van der Waals surface area contributed by atoms with Crippen LogP contribution >= 0.6 is 11.6 Å². The van der Waals surface area contributed by atoms with Crippen LogP contribution in [0.2, 0.25) is 0 Å². The molecule has 7 heavy (non-hydrogen) atoms. The van der Waals surface area contributed by atoms with Gasteiger partial charge in [0.05, 0.1) is 6.61 Å². The normalized spacial score (nSPS) is 14.0. The second kappa shape index (κ2) is 4.52. The summed E-state index contributed by atoms with van der Waals surface area (Å²) in [6.07, 6.45) is 0. The zero-order valence-electron chi connectivity index (χ0n) is 3.46. The maximum absolute atomic E-state index is 9.59. The lowest BCUT2D eigenvalue weighted by molar-refractivity contribution is 0.327. The van der Waals surface area contributed by atoms with E-state index < -0.39 is 11.4 Å². The summed E-state index contributed by atoms with van der Waals surface area (Å²) < 4.78 is 21.6. The summed E-state index contributed by atoms with van der Waals surface area (Å²) in [7, 11) is 0. The molecule has 0 saturated carbocycles. The smallest absolute Gasteiger partial charge is 0.284 e. The zero-order chi connectivity index (χ0) is 5.70. The average Bonchev–Trinajstić information content (AvgIpc) is 1.61. The van der Waals surface area contributed by atoms with Crippen molar-refractivity contribution >= 4 is 23.0 Å². The minimum absolute atomic E-state index is 0.116. The van der Waals surface area contributed by atoms with Crippen molar-refractivity contribution in [2.24, 2.45) is 0 Å². The van der Waals surface area contributed by atoms with Crippen molar-refractivity contribution in [1.29, 1.82) is 0 Å². The molecule has 5 heteroatoms. The molecule has 1 unspecified atom stereocenters. The summed E-state index contributed by atoms with van der Waals surface area (Å²) in [6.45, 7) is 0.116. The van der Waals surface area contributed by atoms with Crippen molar-refractivity contribution in [2.45, 2.75) is 0 Å². The standard InChI is InChI=1S/C2H5ClO3S/c3-1-2-6-7(4)5/h1-2H2,(H,4,5). The SMILES string of the molecule is O=S(O)OCCCl. The highest BCUT2D eigenvalue weighted by molar-refractivity contribution is 7.74.